The monoisotopic (exact) mass is 353 g/mol. The minimum Gasteiger partial charge on any atom is -0.494 e. The van der Waals surface area contributed by atoms with Crippen molar-refractivity contribution in [2.45, 2.75) is 49.9 Å². The molecule has 0 saturated carbocycles. The van der Waals surface area contributed by atoms with Crippen LogP contribution >= 0.6 is 0 Å². The Labute approximate surface area is 148 Å². The summed E-state index contributed by atoms with van der Waals surface area (Å²) in [5, 5.41) is 20.9. The van der Waals surface area contributed by atoms with Gasteiger partial charge in [-0.2, -0.15) is 0 Å². The number of piperidine rings is 1. The third kappa shape index (κ3) is 4.31. The molecule has 2 atom stereocenters. The number of hydrogen-bond donors (Lipinski definition) is 2. The van der Waals surface area contributed by atoms with Crippen LogP contribution in [0, 0.1) is 5.82 Å². The summed E-state index contributed by atoms with van der Waals surface area (Å²) < 4.78 is 24.4. The molecule has 2 fully saturated rings. The van der Waals surface area contributed by atoms with E-state index in [1.165, 1.54) is 12.1 Å². The molecule has 2 N–H and O–H groups in total. The van der Waals surface area contributed by atoms with Gasteiger partial charge >= 0.3 is 0 Å². The summed E-state index contributed by atoms with van der Waals surface area (Å²) in [5.74, 6) is 0.417. The van der Waals surface area contributed by atoms with Crippen molar-refractivity contribution >= 4 is 0 Å². The molecule has 0 aromatic heterocycles. The lowest BCUT2D eigenvalue weighted by Crippen LogP contribution is -2.64. The number of hydrogen-bond acceptors (Lipinski definition) is 5. The highest BCUT2D eigenvalue weighted by Crippen LogP contribution is 2.39. The molecule has 2 saturated heterocycles. The number of rotatable bonds is 5. The second-order valence-electron chi connectivity index (χ2n) is 7.42. The molecular formula is C19H28FNO4. The Morgan fingerprint density at radius 3 is 2.60 bits per heavy atom. The van der Waals surface area contributed by atoms with Crippen LogP contribution in [-0.2, 0) is 4.74 Å². The summed E-state index contributed by atoms with van der Waals surface area (Å²) in [5.41, 5.74) is -1.67. The van der Waals surface area contributed by atoms with Crippen LogP contribution in [0.25, 0.3) is 0 Å². The summed E-state index contributed by atoms with van der Waals surface area (Å²) in [6.07, 6.45) is 1.97. The fraction of sp³-hybridized carbons (Fsp3) is 0.684. The molecule has 0 amide bonds. The lowest BCUT2D eigenvalue weighted by molar-refractivity contribution is -0.246. The number of nitrogens with zero attached hydrogens (tertiary/aromatic N) is 1. The standard InChI is InChI=1S/C19H28FNO4/c1-18(23)9-14-25-19(17(18)22)7-11-21(12-8-19)10-2-13-24-16-5-3-15(20)4-6-16/h3-6,17,22-23H,2,7-14H2,1H3/t17-,18+/m0/s1. The van der Waals surface area contributed by atoms with E-state index in [-0.39, 0.29) is 5.82 Å². The van der Waals surface area contributed by atoms with Gasteiger partial charge in [0.05, 0.1) is 24.4 Å². The summed E-state index contributed by atoms with van der Waals surface area (Å²) in [6.45, 7) is 5.36. The maximum Gasteiger partial charge on any atom is 0.123 e. The predicted molar refractivity (Wildman–Crippen MR) is 92.1 cm³/mol. The van der Waals surface area contributed by atoms with E-state index in [2.05, 4.69) is 4.90 Å². The van der Waals surface area contributed by atoms with E-state index in [0.717, 1.165) is 38.9 Å². The van der Waals surface area contributed by atoms with E-state index in [1.807, 2.05) is 0 Å². The van der Waals surface area contributed by atoms with E-state index in [0.29, 0.717) is 25.4 Å². The van der Waals surface area contributed by atoms with Gasteiger partial charge in [0.15, 0.2) is 0 Å². The highest BCUT2D eigenvalue weighted by Gasteiger charge is 2.52. The van der Waals surface area contributed by atoms with Crippen LogP contribution in [-0.4, -0.2) is 65.3 Å². The molecule has 1 spiro atoms. The maximum atomic E-state index is 12.8. The second-order valence-corrected chi connectivity index (χ2v) is 7.42. The smallest absolute Gasteiger partial charge is 0.123 e. The third-order valence-electron chi connectivity index (χ3n) is 5.49. The molecule has 0 bridgehead atoms. The molecule has 0 unspecified atom stereocenters. The zero-order chi connectivity index (χ0) is 17.9. The topological polar surface area (TPSA) is 62.2 Å². The molecule has 2 aliphatic rings. The van der Waals surface area contributed by atoms with Crippen molar-refractivity contribution in [3.63, 3.8) is 0 Å². The summed E-state index contributed by atoms with van der Waals surface area (Å²) in [6, 6.07) is 6.05. The van der Waals surface area contributed by atoms with Crippen LogP contribution in [0.3, 0.4) is 0 Å². The quantitative estimate of drug-likeness (QED) is 0.793. The molecule has 1 aromatic rings. The average molecular weight is 353 g/mol. The van der Waals surface area contributed by atoms with Crippen LogP contribution in [0.2, 0.25) is 0 Å². The Bertz CT molecular complexity index is 555. The van der Waals surface area contributed by atoms with Crippen molar-refractivity contribution in [2.24, 2.45) is 0 Å². The van der Waals surface area contributed by atoms with Gasteiger partial charge in [0.1, 0.15) is 17.7 Å². The van der Waals surface area contributed by atoms with E-state index < -0.39 is 17.3 Å². The molecule has 6 heteroatoms. The third-order valence-corrected chi connectivity index (χ3v) is 5.49. The number of benzene rings is 1. The summed E-state index contributed by atoms with van der Waals surface area (Å²) in [7, 11) is 0. The summed E-state index contributed by atoms with van der Waals surface area (Å²) >= 11 is 0. The van der Waals surface area contributed by atoms with E-state index in [9.17, 15) is 14.6 Å². The molecule has 1 aromatic carbocycles. The zero-order valence-corrected chi connectivity index (χ0v) is 14.8. The zero-order valence-electron chi connectivity index (χ0n) is 14.8. The Morgan fingerprint density at radius 1 is 1.24 bits per heavy atom. The Hall–Kier alpha value is -1.21. The van der Waals surface area contributed by atoms with E-state index >= 15 is 0 Å². The highest BCUT2D eigenvalue weighted by molar-refractivity contribution is 5.21. The Kier molecular flexibility index (Phi) is 5.63. The van der Waals surface area contributed by atoms with Gasteiger partial charge in [0.2, 0.25) is 0 Å². The molecule has 140 valence electrons. The van der Waals surface area contributed by atoms with Crippen LogP contribution in [0.1, 0.15) is 32.6 Å². The maximum absolute atomic E-state index is 12.8. The van der Waals surface area contributed by atoms with E-state index in [1.54, 1.807) is 19.1 Å². The largest absolute Gasteiger partial charge is 0.494 e. The molecular weight excluding hydrogens is 325 g/mol. The number of likely N-dealkylation sites (tertiary alicyclic amines) is 1. The fourth-order valence-corrected chi connectivity index (χ4v) is 3.83. The van der Waals surface area contributed by atoms with Crippen molar-refractivity contribution in [3.8, 4) is 5.75 Å². The lowest BCUT2D eigenvalue weighted by Gasteiger charge is -2.51. The van der Waals surface area contributed by atoms with Gasteiger partial charge in [0.25, 0.3) is 0 Å². The van der Waals surface area contributed by atoms with Gasteiger partial charge in [-0.15, -0.1) is 0 Å². The van der Waals surface area contributed by atoms with Crippen molar-refractivity contribution < 1.29 is 24.1 Å². The van der Waals surface area contributed by atoms with Crippen LogP contribution in [0.15, 0.2) is 24.3 Å². The Balaban J connectivity index is 1.40. The van der Waals surface area contributed by atoms with Crippen molar-refractivity contribution in [3.05, 3.63) is 30.1 Å². The number of aliphatic hydroxyl groups is 2. The van der Waals surface area contributed by atoms with Gasteiger partial charge in [-0.05, 0) is 50.5 Å². The molecule has 5 nitrogen and oxygen atoms in total. The van der Waals surface area contributed by atoms with Gasteiger partial charge in [0, 0.05) is 26.1 Å². The van der Waals surface area contributed by atoms with Gasteiger partial charge in [-0.3, -0.25) is 0 Å². The fourth-order valence-electron chi connectivity index (χ4n) is 3.83. The molecule has 2 heterocycles. The van der Waals surface area contributed by atoms with Crippen LogP contribution in [0.4, 0.5) is 4.39 Å². The molecule has 3 rings (SSSR count). The van der Waals surface area contributed by atoms with Crippen molar-refractivity contribution in [2.75, 3.05) is 32.8 Å². The molecule has 25 heavy (non-hydrogen) atoms. The van der Waals surface area contributed by atoms with E-state index in [4.69, 9.17) is 9.47 Å². The number of halogens is 1. The minimum atomic E-state index is -1.07. The highest BCUT2D eigenvalue weighted by atomic mass is 19.1. The Morgan fingerprint density at radius 2 is 1.92 bits per heavy atom. The number of ether oxygens (including phenoxy) is 2. The minimum absolute atomic E-state index is 0.263. The van der Waals surface area contributed by atoms with Gasteiger partial charge < -0.3 is 24.6 Å². The van der Waals surface area contributed by atoms with Crippen molar-refractivity contribution in [1.82, 2.24) is 4.90 Å². The van der Waals surface area contributed by atoms with Crippen molar-refractivity contribution in [1.29, 1.82) is 0 Å². The lowest BCUT2D eigenvalue weighted by atomic mass is 9.75. The van der Waals surface area contributed by atoms with Gasteiger partial charge in [-0.25, -0.2) is 4.39 Å². The summed E-state index contributed by atoms with van der Waals surface area (Å²) in [4.78, 5) is 2.33. The predicted octanol–water partition coefficient (Wildman–Crippen LogP) is 1.96. The first-order valence-corrected chi connectivity index (χ1v) is 9.06. The number of aliphatic hydroxyl groups excluding tert-OH is 1. The molecule has 0 aliphatic carbocycles. The first-order valence-electron chi connectivity index (χ1n) is 9.06. The second kappa shape index (κ2) is 7.58. The molecule has 2 aliphatic heterocycles. The SMILES string of the molecule is C[C@@]1(O)CCOC2(CCN(CCCOc3ccc(F)cc3)CC2)[C@H]1O. The van der Waals surface area contributed by atoms with Gasteiger partial charge in [-0.1, -0.05) is 0 Å². The first-order chi connectivity index (χ1) is 11.9. The average Bonchev–Trinajstić information content (AvgIpc) is 2.60. The molecule has 0 radical (unpaired) electrons. The van der Waals surface area contributed by atoms with Crippen LogP contribution in [0.5, 0.6) is 5.75 Å². The normalized spacial score (nSPS) is 29.7. The first kappa shape index (κ1) is 18.6. The van der Waals surface area contributed by atoms with Crippen LogP contribution < -0.4 is 4.74 Å².